The molecule has 0 aliphatic carbocycles. The number of aryl methyl sites for hydroxylation is 2. The molecule has 8 heteroatoms. The molecule has 0 saturated carbocycles. The molecule has 3 heterocycles. The van der Waals surface area contributed by atoms with Crippen molar-refractivity contribution in [1.82, 2.24) is 9.97 Å². The van der Waals surface area contributed by atoms with Gasteiger partial charge in [-0.1, -0.05) is 12.1 Å². The predicted octanol–water partition coefficient (Wildman–Crippen LogP) is 4.24. The van der Waals surface area contributed by atoms with Crippen molar-refractivity contribution in [2.45, 2.75) is 13.8 Å². The number of pyridine rings is 2. The molecule has 0 radical (unpaired) electrons. The molecule has 0 N–H and O–H groups in total. The third kappa shape index (κ3) is 3.16. The van der Waals surface area contributed by atoms with Gasteiger partial charge < -0.3 is 18.6 Å². The maximum Gasteiger partial charge on any atom is 0.340 e. The number of furan rings is 1. The summed E-state index contributed by atoms with van der Waals surface area (Å²) in [6.07, 6.45) is 0. The first kappa shape index (κ1) is 20.3. The number of fused-ring (bicyclic) bond motifs is 3. The fraction of sp³-hybridized carbons (Fsp3) is 0.217. The molecule has 158 valence electrons. The van der Waals surface area contributed by atoms with Crippen LogP contribution in [0.5, 0.6) is 5.75 Å². The Morgan fingerprint density at radius 2 is 1.52 bits per heavy atom. The van der Waals surface area contributed by atoms with Crippen molar-refractivity contribution in [3.8, 4) is 17.0 Å². The number of nitrogens with zero attached hydrogens (tertiary/aromatic N) is 2. The van der Waals surface area contributed by atoms with Crippen LogP contribution in [0.25, 0.3) is 33.3 Å². The van der Waals surface area contributed by atoms with Crippen molar-refractivity contribution in [1.29, 1.82) is 0 Å². The lowest BCUT2D eigenvalue weighted by Crippen LogP contribution is -2.16. The van der Waals surface area contributed by atoms with E-state index in [0.29, 0.717) is 39.5 Å². The van der Waals surface area contributed by atoms with Gasteiger partial charge in [0.2, 0.25) is 0 Å². The van der Waals surface area contributed by atoms with Gasteiger partial charge in [0.1, 0.15) is 11.1 Å². The molecule has 0 atom stereocenters. The van der Waals surface area contributed by atoms with E-state index in [1.807, 2.05) is 24.3 Å². The third-order valence-corrected chi connectivity index (χ3v) is 5.11. The highest BCUT2D eigenvalue weighted by atomic mass is 16.5. The van der Waals surface area contributed by atoms with Crippen LogP contribution in [0.15, 0.2) is 34.7 Å². The van der Waals surface area contributed by atoms with E-state index in [0.717, 1.165) is 5.39 Å². The van der Waals surface area contributed by atoms with Gasteiger partial charge in [-0.3, -0.25) is 4.98 Å². The lowest BCUT2D eigenvalue weighted by atomic mass is 9.95. The van der Waals surface area contributed by atoms with E-state index in [-0.39, 0.29) is 16.7 Å². The summed E-state index contributed by atoms with van der Waals surface area (Å²) >= 11 is 0. The SMILES string of the molecule is COC(=O)c1c(C)nc(C)c(C(=O)OC)c1-c1cc(OC)c2oc3ccccc3c2n1. The molecule has 0 bridgehead atoms. The second-order valence-corrected chi connectivity index (χ2v) is 6.88. The van der Waals surface area contributed by atoms with Crippen molar-refractivity contribution >= 4 is 34.0 Å². The summed E-state index contributed by atoms with van der Waals surface area (Å²) in [6, 6.07) is 9.06. The van der Waals surface area contributed by atoms with Crippen LogP contribution in [0.1, 0.15) is 32.1 Å². The summed E-state index contributed by atoms with van der Waals surface area (Å²) in [5, 5.41) is 0.777. The molecule has 0 fully saturated rings. The van der Waals surface area contributed by atoms with Crippen molar-refractivity contribution in [3.63, 3.8) is 0 Å². The zero-order chi connectivity index (χ0) is 22.3. The van der Waals surface area contributed by atoms with E-state index in [1.165, 1.54) is 21.3 Å². The van der Waals surface area contributed by atoms with Crippen molar-refractivity contribution in [2.24, 2.45) is 0 Å². The molecule has 0 amide bonds. The second kappa shape index (κ2) is 7.71. The Morgan fingerprint density at radius 1 is 0.903 bits per heavy atom. The minimum atomic E-state index is -0.636. The Labute approximate surface area is 177 Å². The van der Waals surface area contributed by atoms with E-state index in [4.69, 9.17) is 23.6 Å². The average molecular weight is 420 g/mol. The minimum Gasteiger partial charge on any atom is -0.493 e. The van der Waals surface area contributed by atoms with Crippen LogP contribution < -0.4 is 4.74 Å². The Hall–Kier alpha value is -3.94. The Balaban J connectivity index is 2.17. The summed E-state index contributed by atoms with van der Waals surface area (Å²) in [6.45, 7) is 3.35. The Kier molecular flexibility index (Phi) is 5.06. The lowest BCUT2D eigenvalue weighted by molar-refractivity contribution is 0.0599. The predicted molar refractivity (Wildman–Crippen MR) is 113 cm³/mol. The zero-order valence-corrected chi connectivity index (χ0v) is 17.7. The van der Waals surface area contributed by atoms with Gasteiger partial charge >= 0.3 is 11.9 Å². The molecule has 0 aliphatic heterocycles. The quantitative estimate of drug-likeness (QED) is 0.452. The molecule has 8 nitrogen and oxygen atoms in total. The number of ether oxygens (including phenoxy) is 3. The standard InChI is InChI=1S/C23H20N2O6/c1-11-17(22(26)29-4)19(18(12(2)24-11)23(27)30-5)14-10-16(28-3)21-20(25-14)13-8-6-7-9-15(13)31-21/h6-10H,1-5H3. The molecule has 4 aromatic rings. The van der Waals surface area contributed by atoms with Crippen LogP contribution in [-0.4, -0.2) is 43.2 Å². The van der Waals surface area contributed by atoms with Crippen molar-refractivity contribution in [2.75, 3.05) is 21.3 Å². The number of carbonyl (C=O) groups is 2. The molecule has 31 heavy (non-hydrogen) atoms. The van der Waals surface area contributed by atoms with E-state index in [1.54, 1.807) is 19.9 Å². The largest absolute Gasteiger partial charge is 0.493 e. The van der Waals surface area contributed by atoms with Gasteiger partial charge in [-0.25, -0.2) is 14.6 Å². The lowest BCUT2D eigenvalue weighted by Gasteiger charge is -2.17. The third-order valence-electron chi connectivity index (χ3n) is 5.11. The first-order chi connectivity index (χ1) is 14.9. The number of esters is 2. The maximum atomic E-state index is 12.7. The van der Waals surface area contributed by atoms with Crippen LogP contribution in [0.3, 0.4) is 0 Å². The van der Waals surface area contributed by atoms with E-state index < -0.39 is 11.9 Å². The number of carbonyl (C=O) groups excluding carboxylic acids is 2. The zero-order valence-electron chi connectivity index (χ0n) is 17.7. The molecule has 0 aliphatic rings. The topological polar surface area (TPSA) is 101 Å². The number of hydrogen-bond donors (Lipinski definition) is 0. The Morgan fingerprint density at radius 3 is 2.10 bits per heavy atom. The molecular weight excluding hydrogens is 400 g/mol. The fourth-order valence-corrected chi connectivity index (χ4v) is 3.74. The first-order valence-electron chi connectivity index (χ1n) is 9.45. The van der Waals surface area contributed by atoms with Crippen LogP contribution in [-0.2, 0) is 9.47 Å². The number of hydrogen-bond acceptors (Lipinski definition) is 8. The van der Waals surface area contributed by atoms with Crippen molar-refractivity contribution < 1.29 is 28.2 Å². The highest BCUT2D eigenvalue weighted by molar-refractivity contribution is 6.09. The van der Waals surface area contributed by atoms with Gasteiger partial charge in [-0.2, -0.15) is 0 Å². The van der Waals surface area contributed by atoms with Gasteiger partial charge in [-0.05, 0) is 26.0 Å². The summed E-state index contributed by atoms with van der Waals surface area (Å²) in [4.78, 5) is 34.5. The molecule has 0 saturated heterocycles. The molecule has 4 rings (SSSR count). The Bertz CT molecular complexity index is 1320. The van der Waals surface area contributed by atoms with Crippen LogP contribution in [0.2, 0.25) is 0 Å². The van der Waals surface area contributed by atoms with Gasteiger partial charge in [-0.15, -0.1) is 0 Å². The number of para-hydroxylation sites is 1. The minimum absolute atomic E-state index is 0.134. The first-order valence-corrected chi connectivity index (χ1v) is 9.45. The fourth-order valence-electron chi connectivity index (χ4n) is 3.74. The summed E-state index contributed by atoms with van der Waals surface area (Å²) in [5.41, 5.74) is 3.35. The van der Waals surface area contributed by atoms with E-state index in [2.05, 4.69) is 4.98 Å². The number of methoxy groups -OCH3 is 3. The smallest absolute Gasteiger partial charge is 0.340 e. The van der Waals surface area contributed by atoms with E-state index in [9.17, 15) is 9.59 Å². The summed E-state index contributed by atoms with van der Waals surface area (Å²) in [5.74, 6) is -0.860. The average Bonchev–Trinajstić information content (AvgIpc) is 3.15. The summed E-state index contributed by atoms with van der Waals surface area (Å²) in [7, 11) is 4.05. The highest BCUT2D eigenvalue weighted by Crippen LogP contribution is 2.39. The number of rotatable bonds is 4. The van der Waals surface area contributed by atoms with Gasteiger partial charge in [0, 0.05) is 17.0 Å². The maximum absolute atomic E-state index is 12.7. The normalized spacial score (nSPS) is 11.0. The van der Waals surface area contributed by atoms with E-state index >= 15 is 0 Å². The highest BCUT2D eigenvalue weighted by Gasteiger charge is 2.29. The van der Waals surface area contributed by atoms with Crippen LogP contribution in [0.4, 0.5) is 0 Å². The van der Waals surface area contributed by atoms with Crippen LogP contribution >= 0.6 is 0 Å². The molecule has 1 aromatic carbocycles. The molecule has 0 spiro atoms. The van der Waals surface area contributed by atoms with Gasteiger partial charge in [0.05, 0.1) is 49.5 Å². The summed E-state index contributed by atoms with van der Waals surface area (Å²) < 4.78 is 21.4. The molecule has 3 aromatic heterocycles. The monoisotopic (exact) mass is 420 g/mol. The van der Waals surface area contributed by atoms with Crippen LogP contribution in [0, 0.1) is 13.8 Å². The van der Waals surface area contributed by atoms with Crippen molar-refractivity contribution in [3.05, 3.63) is 52.8 Å². The number of benzene rings is 1. The van der Waals surface area contributed by atoms with Gasteiger partial charge in [0.15, 0.2) is 11.3 Å². The number of aromatic nitrogens is 2. The molecule has 0 unspecified atom stereocenters. The second-order valence-electron chi connectivity index (χ2n) is 6.88. The van der Waals surface area contributed by atoms with Gasteiger partial charge in [0.25, 0.3) is 0 Å². The molecular formula is C23H20N2O6.